The number of hydrogen-bond donors (Lipinski definition) is 0. The minimum Gasteiger partial charge on any atom is -0.463 e. The highest BCUT2D eigenvalue weighted by Gasteiger charge is 2.51. The Morgan fingerprint density at radius 3 is 2.39 bits per heavy atom. The van der Waals surface area contributed by atoms with Gasteiger partial charge < -0.3 is 18.8 Å². The number of aromatic nitrogens is 2. The maximum absolute atomic E-state index is 5.99. The van der Waals surface area contributed by atoms with E-state index in [1.165, 1.54) is 0 Å². The van der Waals surface area contributed by atoms with Crippen LogP contribution in [-0.4, -0.2) is 48.1 Å². The highest BCUT2D eigenvalue weighted by atomic mass is 16.7. The van der Waals surface area contributed by atoms with Crippen molar-refractivity contribution in [3.63, 3.8) is 0 Å². The third-order valence-electron chi connectivity index (χ3n) is 4.88. The second-order valence-electron chi connectivity index (χ2n) is 7.28. The molecule has 0 radical (unpaired) electrons. The lowest BCUT2D eigenvalue weighted by Gasteiger charge is -2.32. The van der Waals surface area contributed by atoms with E-state index in [2.05, 4.69) is 9.97 Å². The fraction of sp³-hybridized carbons (Fsp3) is 0.750. The Labute approximate surface area is 138 Å². The lowest BCUT2D eigenvalue weighted by atomic mass is 9.81. The maximum atomic E-state index is 5.99. The molecular formula is C16H25BN2O4. The molecule has 3 rings (SSSR count). The van der Waals surface area contributed by atoms with Gasteiger partial charge in [0, 0.05) is 30.4 Å². The van der Waals surface area contributed by atoms with Crippen LogP contribution in [0.4, 0.5) is 0 Å². The van der Waals surface area contributed by atoms with Gasteiger partial charge in [-0.1, -0.05) is 0 Å². The molecule has 2 aliphatic heterocycles. The summed E-state index contributed by atoms with van der Waals surface area (Å²) in [5.41, 5.74) is 0.0683. The van der Waals surface area contributed by atoms with Crippen LogP contribution >= 0.6 is 0 Å². The van der Waals surface area contributed by atoms with Gasteiger partial charge in [-0.05, 0) is 40.5 Å². The summed E-state index contributed by atoms with van der Waals surface area (Å²) in [4.78, 5) is 8.54. The summed E-state index contributed by atoms with van der Waals surface area (Å²) in [6.07, 6.45) is 5.64. The van der Waals surface area contributed by atoms with E-state index in [0.717, 1.165) is 31.5 Å². The monoisotopic (exact) mass is 320 g/mol. The van der Waals surface area contributed by atoms with Crippen LogP contribution in [0.5, 0.6) is 6.01 Å². The zero-order chi connectivity index (χ0) is 16.5. The van der Waals surface area contributed by atoms with E-state index < -0.39 is 7.12 Å². The number of nitrogens with zero attached hydrogens (tertiary/aromatic N) is 2. The molecule has 0 amide bonds. The van der Waals surface area contributed by atoms with Gasteiger partial charge in [0.25, 0.3) is 0 Å². The molecule has 2 fully saturated rings. The predicted octanol–water partition coefficient (Wildman–Crippen LogP) is 1.58. The predicted molar refractivity (Wildman–Crippen MR) is 86.8 cm³/mol. The Morgan fingerprint density at radius 2 is 1.83 bits per heavy atom. The topological polar surface area (TPSA) is 62.7 Å². The van der Waals surface area contributed by atoms with Crippen LogP contribution in [0.25, 0.3) is 0 Å². The summed E-state index contributed by atoms with van der Waals surface area (Å²) in [5.74, 6) is 0.426. The van der Waals surface area contributed by atoms with Crippen molar-refractivity contribution >= 4 is 12.6 Å². The quantitative estimate of drug-likeness (QED) is 0.785. The van der Waals surface area contributed by atoms with Crippen LogP contribution in [0.3, 0.4) is 0 Å². The van der Waals surface area contributed by atoms with E-state index in [4.69, 9.17) is 18.8 Å². The average molecular weight is 320 g/mol. The van der Waals surface area contributed by atoms with E-state index in [1.807, 2.05) is 27.7 Å². The second kappa shape index (κ2) is 6.38. The molecule has 1 aromatic heterocycles. The Balaban J connectivity index is 1.57. The molecule has 0 aliphatic carbocycles. The summed E-state index contributed by atoms with van der Waals surface area (Å²) in [5, 5.41) is 0. The summed E-state index contributed by atoms with van der Waals surface area (Å²) in [7, 11) is -0.444. The van der Waals surface area contributed by atoms with Gasteiger partial charge in [-0.2, -0.15) is 0 Å². The van der Waals surface area contributed by atoms with Gasteiger partial charge in [-0.15, -0.1) is 0 Å². The van der Waals surface area contributed by atoms with Crippen molar-refractivity contribution < 1.29 is 18.8 Å². The molecule has 2 aliphatic rings. The van der Waals surface area contributed by atoms with E-state index in [-0.39, 0.29) is 11.2 Å². The van der Waals surface area contributed by atoms with Crippen LogP contribution < -0.4 is 10.2 Å². The van der Waals surface area contributed by atoms with Crippen molar-refractivity contribution in [2.75, 3.05) is 19.8 Å². The van der Waals surface area contributed by atoms with E-state index in [1.54, 1.807) is 12.4 Å². The Kier molecular flexibility index (Phi) is 4.62. The van der Waals surface area contributed by atoms with Crippen molar-refractivity contribution in [3.05, 3.63) is 12.4 Å². The molecule has 7 heteroatoms. The summed E-state index contributed by atoms with van der Waals surface area (Å²) < 4.78 is 23.1. The molecule has 0 saturated carbocycles. The molecule has 0 spiro atoms. The fourth-order valence-corrected chi connectivity index (χ4v) is 2.63. The first kappa shape index (κ1) is 16.7. The fourth-order valence-electron chi connectivity index (χ4n) is 2.63. The Bertz CT molecular complexity index is 513. The third-order valence-corrected chi connectivity index (χ3v) is 4.88. The molecular weight excluding hydrogens is 295 g/mol. The van der Waals surface area contributed by atoms with Crippen LogP contribution in [-0.2, 0) is 14.0 Å². The molecule has 0 aromatic carbocycles. The van der Waals surface area contributed by atoms with Gasteiger partial charge in [0.1, 0.15) is 0 Å². The van der Waals surface area contributed by atoms with Crippen LogP contribution in [0.15, 0.2) is 12.4 Å². The van der Waals surface area contributed by atoms with Crippen molar-refractivity contribution in [2.24, 2.45) is 5.92 Å². The van der Waals surface area contributed by atoms with E-state index >= 15 is 0 Å². The molecule has 3 heterocycles. The molecule has 6 nitrogen and oxygen atoms in total. The van der Waals surface area contributed by atoms with Gasteiger partial charge in [-0.25, -0.2) is 9.97 Å². The molecule has 1 aromatic rings. The van der Waals surface area contributed by atoms with Crippen molar-refractivity contribution in [1.82, 2.24) is 9.97 Å². The van der Waals surface area contributed by atoms with Gasteiger partial charge in [0.05, 0.1) is 24.4 Å². The number of hydrogen-bond acceptors (Lipinski definition) is 6. The van der Waals surface area contributed by atoms with Gasteiger partial charge in [-0.3, -0.25) is 0 Å². The van der Waals surface area contributed by atoms with E-state index in [0.29, 0.717) is 18.5 Å². The largest absolute Gasteiger partial charge is 0.498 e. The normalized spacial score (nSPS) is 26.3. The SMILES string of the molecule is CC1(C)OB(c2cnc(OCC3CCCOC3)nc2)OC1(C)C. The first-order chi connectivity index (χ1) is 10.9. The average Bonchev–Trinajstić information content (AvgIpc) is 2.75. The molecule has 1 unspecified atom stereocenters. The summed E-state index contributed by atoms with van der Waals surface area (Å²) >= 11 is 0. The summed E-state index contributed by atoms with van der Waals surface area (Å²) in [6, 6.07) is 0.385. The van der Waals surface area contributed by atoms with Crippen molar-refractivity contribution in [3.8, 4) is 6.01 Å². The van der Waals surface area contributed by atoms with Gasteiger partial charge in [0.2, 0.25) is 0 Å². The minimum atomic E-state index is -0.444. The molecule has 1 atom stereocenters. The van der Waals surface area contributed by atoms with E-state index in [9.17, 15) is 0 Å². The lowest BCUT2D eigenvalue weighted by molar-refractivity contribution is 0.00578. The summed E-state index contributed by atoms with van der Waals surface area (Å²) in [6.45, 7) is 10.3. The first-order valence-electron chi connectivity index (χ1n) is 8.25. The van der Waals surface area contributed by atoms with Crippen molar-refractivity contribution in [1.29, 1.82) is 0 Å². The number of ether oxygens (including phenoxy) is 2. The lowest BCUT2D eigenvalue weighted by Crippen LogP contribution is -2.41. The Hall–Kier alpha value is -1.18. The molecule has 0 N–H and O–H groups in total. The molecule has 0 bridgehead atoms. The molecule has 126 valence electrons. The van der Waals surface area contributed by atoms with Crippen LogP contribution in [0.1, 0.15) is 40.5 Å². The highest BCUT2D eigenvalue weighted by Crippen LogP contribution is 2.36. The smallest absolute Gasteiger partial charge is 0.463 e. The van der Waals surface area contributed by atoms with Gasteiger partial charge >= 0.3 is 13.1 Å². The third kappa shape index (κ3) is 3.67. The minimum absolute atomic E-state index is 0.367. The standard InChI is InChI=1S/C16H25BN2O4/c1-15(2)16(3,4)23-17(22-15)13-8-18-14(19-9-13)21-11-12-6-5-7-20-10-12/h8-9,12H,5-7,10-11H2,1-4H3. The number of rotatable bonds is 4. The first-order valence-corrected chi connectivity index (χ1v) is 8.25. The van der Waals surface area contributed by atoms with Crippen molar-refractivity contribution in [2.45, 2.75) is 51.7 Å². The molecule has 23 heavy (non-hydrogen) atoms. The molecule has 2 saturated heterocycles. The highest BCUT2D eigenvalue weighted by molar-refractivity contribution is 6.61. The van der Waals surface area contributed by atoms with Crippen LogP contribution in [0, 0.1) is 5.92 Å². The van der Waals surface area contributed by atoms with Gasteiger partial charge in [0.15, 0.2) is 0 Å². The van der Waals surface area contributed by atoms with Crippen LogP contribution in [0.2, 0.25) is 0 Å². The Morgan fingerprint density at radius 1 is 1.17 bits per heavy atom. The maximum Gasteiger partial charge on any atom is 0.498 e. The zero-order valence-corrected chi connectivity index (χ0v) is 14.4. The zero-order valence-electron chi connectivity index (χ0n) is 14.4. The second-order valence-corrected chi connectivity index (χ2v) is 7.28.